The van der Waals surface area contributed by atoms with Crippen LogP contribution in [0.4, 0.5) is 5.95 Å². The molecule has 98 valence electrons. The SMILES string of the molecule is NNc1ncc(S(=O)(=O)N2CCNC(=O)C2)cn1. The van der Waals surface area contributed by atoms with Gasteiger partial charge in [-0.25, -0.2) is 24.2 Å². The van der Waals surface area contributed by atoms with Gasteiger partial charge in [-0.1, -0.05) is 0 Å². The van der Waals surface area contributed by atoms with Gasteiger partial charge in [0.2, 0.25) is 21.9 Å². The van der Waals surface area contributed by atoms with Gasteiger partial charge >= 0.3 is 0 Å². The number of anilines is 1. The predicted molar refractivity (Wildman–Crippen MR) is 61.6 cm³/mol. The fourth-order valence-corrected chi connectivity index (χ4v) is 2.78. The van der Waals surface area contributed by atoms with E-state index in [1.54, 1.807) is 0 Å². The summed E-state index contributed by atoms with van der Waals surface area (Å²) >= 11 is 0. The molecule has 4 N–H and O–H groups in total. The first kappa shape index (κ1) is 12.7. The van der Waals surface area contributed by atoms with Crippen molar-refractivity contribution in [3.63, 3.8) is 0 Å². The van der Waals surface area contributed by atoms with Crippen LogP contribution in [0.3, 0.4) is 0 Å². The Morgan fingerprint density at radius 1 is 1.39 bits per heavy atom. The number of carbonyl (C=O) groups is 1. The van der Waals surface area contributed by atoms with Gasteiger partial charge in [0.25, 0.3) is 0 Å². The number of amides is 1. The molecule has 1 saturated heterocycles. The highest BCUT2D eigenvalue weighted by Crippen LogP contribution is 2.14. The number of hydrazine groups is 1. The number of hydrogen-bond acceptors (Lipinski definition) is 7. The molecule has 1 aromatic heterocycles. The molecule has 2 heterocycles. The Morgan fingerprint density at radius 2 is 2.06 bits per heavy atom. The first-order chi connectivity index (χ1) is 8.54. The molecule has 0 unspecified atom stereocenters. The summed E-state index contributed by atoms with van der Waals surface area (Å²) in [6.45, 7) is 0.325. The van der Waals surface area contributed by atoms with Gasteiger partial charge in [-0.2, -0.15) is 4.31 Å². The van der Waals surface area contributed by atoms with Crippen molar-refractivity contribution < 1.29 is 13.2 Å². The highest BCUT2D eigenvalue weighted by Gasteiger charge is 2.29. The van der Waals surface area contributed by atoms with E-state index in [9.17, 15) is 13.2 Å². The van der Waals surface area contributed by atoms with Crippen molar-refractivity contribution in [1.82, 2.24) is 19.6 Å². The first-order valence-corrected chi connectivity index (χ1v) is 6.53. The zero-order valence-corrected chi connectivity index (χ0v) is 10.1. The van der Waals surface area contributed by atoms with E-state index in [2.05, 4.69) is 20.7 Å². The smallest absolute Gasteiger partial charge is 0.246 e. The number of aromatic nitrogens is 2. The van der Waals surface area contributed by atoms with E-state index in [0.717, 1.165) is 16.7 Å². The van der Waals surface area contributed by atoms with Crippen molar-refractivity contribution in [2.75, 3.05) is 25.1 Å². The van der Waals surface area contributed by atoms with Crippen molar-refractivity contribution in [1.29, 1.82) is 0 Å². The van der Waals surface area contributed by atoms with Gasteiger partial charge in [-0.3, -0.25) is 10.2 Å². The first-order valence-electron chi connectivity index (χ1n) is 5.09. The monoisotopic (exact) mass is 272 g/mol. The van der Waals surface area contributed by atoms with Crippen LogP contribution in [0, 0.1) is 0 Å². The molecular weight excluding hydrogens is 260 g/mol. The van der Waals surface area contributed by atoms with Crippen molar-refractivity contribution >= 4 is 21.9 Å². The van der Waals surface area contributed by atoms with Gasteiger partial charge in [0.05, 0.1) is 18.9 Å². The third-order valence-electron chi connectivity index (χ3n) is 2.40. The lowest BCUT2D eigenvalue weighted by Crippen LogP contribution is -2.49. The van der Waals surface area contributed by atoms with E-state index in [0.29, 0.717) is 6.54 Å². The molecule has 18 heavy (non-hydrogen) atoms. The second-order valence-electron chi connectivity index (χ2n) is 3.58. The molecule has 1 aliphatic rings. The molecule has 1 fully saturated rings. The molecule has 0 aromatic carbocycles. The van der Waals surface area contributed by atoms with Gasteiger partial charge in [0.1, 0.15) is 4.90 Å². The minimum Gasteiger partial charge on any atom is -0.354 e. The molecule has 0 atom stereocenters. The number of nitrogens with zero attached hydrogens (tertiary/aromatic N) is 3. The number of nitrogen functional groups attached to an aromatic ring is 1. The zero-order chi connectivity index (χ0) is 13.2. The fourth-order valence-electron chi connectivity index (χ4n) is 1.49. The second kappa shape index (κ2) is 4.84. The molecule has 2 rings (SSSR count). The van der Waals surface area contributed by atoms with Gasteiger partial charge in [0.15, 0.2) is 0 Å². The Bertz CT molecular complexity index is 542. The number of hydrogen-bond donors (Lipinski definition) is 3. The average molecular weight is 272 g/mol. The summed E-state index contributed by atoms with van der Waals surface area (Å²) in [6.07, 6.45) is 2.29. The van der Waals surface area contributed by atoms with Gasteiger partial charge < -0.3 is 5.32 Å². The quantitative estimate of drug-likeness (QED) is 0.423. The van der Waals surface area contributed by atoms with Crippen LogP contribution in [0.1, 0.15) is 0 Å². The maximum absolute atomic E-state index is 12.1. The van der Waals surface area contributed by atoms with Crippen LogP contribution >= 0.6 is 0 Å². The summed E-state index contributed by atoms with van der Waals surface area (Å²) < 4.78 is 25.4. The van der Waals surface area contributed by atoms with E-state index in [1.165, 1.54) is 0 Å². The summed E-state index contributed by atoms with van der Waals surface area (Å²) in [6, 6.07) is 0. The Balaban J connectivity index is 2.26. The average Bonchev–Trinajstić information content (AvgIpc) is 2.39. The van der Waals surface area contributed by atoms with Crippen LogP contribution < -0.4 is 16.6 Å². The van der Waals surface area contributed by atoms with Gasteiger partial charge in [0, 0.05) is 13.1 Å². The number of sulfonamides is 1. The minimum absolute atomic E-state index is 0.0730. The van der Waals surface area contributed by atoms with E-state index in [1.807, 2.05) is 0 Å². The molecule has 0 spiro atoms. The largest absolute Gasteiger partial charge is 0.354 e. The van der Waals surface area contributed by atoms with Crippen molar-refractivity contribution in [3.05, 3.63) is 12.4 Å². The minimum atomic E-state index is -3.74. The topological polar surface area (TPSA) is 130 Å². The summed E-state index contributed by atoms with van der Waals surface area (Å²) in [4.78, 5) is 18.6. The third-order valence-corrected chi connectivity index (χ3v) is 4.20. The lowest BCUT2D eigenvalue weighted by atomic mass is 10.4. The van der Waals surface area contributed by atoms with E-state index in [4.69, 9.17) is 5.84 Å². The van der Waals surface area contributed by atoms with Crippen LogP contribution in [0.2, 0.25) is 0 Å². The van der Waals surface area contributed by atoms with Crippen LogP contribution in [0.15, 0.2) is 17.3 Å². The number of nitrogens with two attached hydrogens (primary N) is 1. The molecule has 0 aliphatic carbocycles. The number of piperazine rings is 1. The van der Waals surface area contributed by atoms with Crippen molar-refractivity contribution in [2.45, 2.75) is 4.90 Å². The third kappa shape index (κ3) is 2.39. The maximum Gasteiger partial charge on any atom is 0.246 e. The summed E-state index contributed by atoms with van der Waals surface area (Å²) in [5.41, 5.74) is 2.20. The zero-order valence-electron chi connectivity index (χ0n) is 9.33. The molecule has 1 aliphatic heterocycles. The van der Waals surface area contributed by atoms with E-state index < -0.39 is 10.0 Å². The second-order valence-corrected chi connectivity index (χ2v) is 5.51. The Kier molecular flexibility index (Phi) is 3.41. The molecule has 10 heteroatoms. The Morgan fingerprint density at radius 3 is 2.61 bits per heavy atom. The van der Waals surface area contributed by atoms with Gasteiger partial charge in [-0.05, 0) is 0 Å². The molecule has 1 aromatic rings. The van der Waals surface area contributed by atoms with Crippen molar-refractivity contribution in [2.24, 2.45) is 5.84 Å². The highest BCUT2D eigenvalue weighted by atomic mass is 32.2. The molecule has 0 saturated carbocycles. The van der Waals surface area contributed by atoms with Gasteiger partial charge in [-0.15, -0.1) is 0 Å². The maximum atomic E-state index is 12.1. The summed E-state index contributed by atoms with van der Waals surface area (Å²) in [7, 11) is -3.74. The fraction of sp³-hybridized carbons (Fsp3) is 0.375. The normalized spacial score (nSPS) is 17.3. The molecule has 0 bridgehead atoms. The number of nitrogens with one attached hydrogen (secondary N) is 2. The molecule has 9 nitrogen and oxygen atoms in total. The van der Waals surface area contributed by atoms with E-state index in [-0.39, 0.29) is 29.8 Å². The predicted octanol–water partition coefficient (Wildman–Crippen LogP) is -2.12. The standard InChI is InChI=1S/C8H12N6O3S/c9-13-8-11-3-6(4-12-8)18(16,17)14-2-1-10-7(15)5-14/h3-4H,1-2,5,9H2,(H,10,15)(H,11,12,13). The summed E-state index contributed by atoms with van der Waals surface area (Å²) in [5, 5.41) is 2.55. The number of rotatable bonds is 3. The van der Waals surface area contributed by atoms with Crippen molar-refractivity contribution in [3.8, 4) is 0 Å². The molecule has 1 amide bonds. The van der Waals surface area contributed by atoms with Crippen LogP contribution in [0.25, 0.3) is 0 Å². The number of carbonyl (C=O) groups excluding carboxylic acids is 1. The Labute approximate surface area is 103 Å². The Hall–Kier alpha value is -1.78. The summed E-state index contributed by atoms with van der Waals surface area (Å²) in [5.74, 6) is 4.87. The lowest BCUT2D eigenvalue weighted by Gasteiger charge is -2.25. The molecular formula is C8H12N6O3S. The van der Waals surface area contributed by atoms with E-state index >= 15 is 0 Å². The highest BCUT2D eigenvalue weighted by molar-refractivity contribution is 7.89. The van der Waals surface area contributed by atoms with Crippen LogP contribution in [-0.2, 0) is 14.8 Å². The molecule has 0 radical (unpaired) electrons. The lowest BCUT2D eigenvalue weighted by molar-refractivity contribution is -0.122. The van der Waals surface area contributed by atoms with Crippen LogP contribution in [0.5, 0.6) is 0 Å². The van der Waals surface area contributed by atoms with Crippen LogP contribution in [-0.4, -0.2) is 48.2 Å².